The molecule has 0 radical (unpaired) electrons. The fourth-order valence-electron chi connectivity index (χ4n) is 3.61. The van der Waals surface area contributed by atoms with Crippen molar-refractivity contribution < 1.29 is 0 Å². The molecule has 0 saturated carbocycles. The number of likely N-dealkylation sites (tertiary alicyclic amines) is 1. The Hall–Kier alpha value is -2.49. The van der Waals surface area contributed by atoms with Crippen LogP contribution in [0.1, 0.15) is 30.9 Å². The number of nitrogens with one attached hydrogen (secondary N) is 1. The van der Waals surface area contributed by atoms with Crippen LogP contribution in [-0.4, -0.2) is 40.8 Å². The molecular weight excluding hydrogens is 308 g/mol. The summed E-state index contributed by atoms with van der Waals surface area (Å²) >= 11 is 0. The van der Waals surface area contributed by atoms with Gasteiger partial charge in [-0.2, -0.15) is 0 Å². The molecule has 0 aliphatic carbocycles. The summed E-state index contributed by atoms with van der Waals surface area (Å²) in [5, 5.41) is 8.66. The Morgan fingerprint density at radius 1 is 1.32 bits per heavy atom. The molecule has 2 heterocycles. The van der Waals surface area contributed by atoms with Crippen LogP contribution in [0.2, 0.25) is 0 Å². The van der Waals surface area contributed by atoms with Gasteiger partial charge in [-0.25, -0.2) is 0 Å². The highest BCUT2D eigenvalue weighted by molar-refractivity contribution is 5.82. The minimum absolute atomic E-state index is 0.472. The predicted molar refractivity (Wildman–Crippen MR) is 105 cm³/mol. The lowest BCUT2D eigenvalue weighted by Crippen LogP contribution is -2.49. The van der Waals surface area contributed by atoms with E-state index in [-0.39, 0.29) is 0 Å². The monoisotopic (exact) mass is 336 g/mol. The van der Waals surface area contributed by atoms with E-state index in [1.165, 1.54) is 18.4 Å². The van der Waals surface area contributed by atoms with Crippen LogP contribution in [-0.2, 0) is 6.54 Å². The summed E-state index contributed by atoms with van der Waals surface area (Å²) < 4.78 is 0. The normalized spacial score (nSPS) is 21.4. The molecule has 0 aromatic heterocycles. The largest absolute Gasteiger partial charge is 0.358 e. The van der Waals surface area contributed by atoms with Crippen LogP contribution >= 0.6 is 0 Å². The average Bonchev–Trinajstić information content (AvgIpc) is 2.62. The number of hydrogen-bond donors (Lipinski definition) is 1. The number of allylic oxidation sites excluding steroid dienone is 1. The van der Waals surface area contributed by atoms with Crippen LogP contribution in [0.15, 0.2) is 55.0 Å². The van der Waals surface area contributed by atoms with Gasteiger partial charge in [0.15, 0.2) is 0 Å². The molecule has 132 valence electrons. The van der Waals surface area contributed by atoms with Gasteiger partial charge in [0.1, 0.15) is 5.82 Å². The van der Waals surface area contributed by atoms with Crippen molar-refractivity contribution in [2.75, 3.05) is 20.1 Å². The van der Waals surface area contributed by atoms with E-state index < -0.39 is 0 Å². The van der Waals surface area contributed by atoms with Crippen LogP contribution in [0.3, 0.4) is 0 Å². The van der Waals surface area contributed by atoms with Crippen molar-refractivity contribution in [1.82, 2.24) is 14.7 Å². The summed E-state index contributed by atoms with van der Waals surface area (Å²) in [4.78, 5) is 6.35. The number of hydrogen-bond acceptors (Lipinski definition) is 2. The minimum atomic E-state index is 0.472. The van der Waals surface area contributed by atoms with E-state index >= 15 is 0 Å². The molecule has 1 unspecified atom stereocenters. The Labute approximate surface area is 151 Å². The SMILES string of the molecule is C=Cc1ccccc1CN1C(=N)N(C)C(=C)C=C1N1CCCC(C)C1. The van der Waals surface area contributed by atoms with Crippen LogP contribution in [0.5, 0.6) is 0 Å². The molecule has 3 rings (SSSR count). The maximum Gasteiger partial charge on any atom is 0.204 e. The molecule has 1 saturated heterocycles. The third kappa shape index (κ3) is 3.48. The van der Waals surface area contributed by atoms with Gasteiger partial charge in [0, 0.05) is 31.9 Å². The number of likely N-dealkylation sites (N-methyl/N-ethyl adjacent to an activating group) is 1. The second-order valence-electron chi connectivity index (χ2n) is 7.06. The summed E-state index contributed by atoms with van der Waals surface area (Å²) in [6.45, 7) is 13.1. The van der Waals surface area contributed by atoms with Gasteiger partial charge in [-0.15, -0.1) is 0 Å². The number of piperidine rings is 1. The van der Waals surface area contributed by atoms with E-state index in [1.807, 2.05) is 30.2 Å². The number of guanidine groups is 1. The van der Waals surface area contributed by atoms with Gasteiger partial charge in [-0.05, 0) is 29.9 Å². The lowest BCUT2D eigenvalue weighted by atomic mass is 10.00. The highest BCUT2D eigenvalue weighted by Crippen LogP contribution is 2.29. The molecule has 25 heavy (non-hydrogen) atoms. The molecule has 1 atom stereocenters. The maximum atomic E-state index is 8.66. The molecule has 1 aromatic rings. The number of rotatable bonds is 4. The molecule has 1 N–H and O–H groups in total. The quantitative estimate of drug-likeness (QED) is 0.899. The van der Waals surface area contributed by atoms with Crippen molar-refractivity contribution in [2.45, 2.75) is 26.3 Å². The van der Waals surface area contributed by atoms with Crippen LogP contribution < -0.4 is 0 Å². The molecule has 4 nitrogen and oxygen atoms in total. The Morgan fingerprint density at radius 2 is 2.08 bits per heavy atom. The van der Waals surface area contributed by atoms with Crippen LogP contribution in [0, 0.1) is 11.3 Å². The van der Waals surface area contributed by atoms with Gasteiger partial charge in [0.25, 0.3) is 0 Å². The van der Waals surface area contributed by atoms with Crippen molar-refractivity contribution >= 4 is 12.0 Å². The maximum absolute atomic E-state index is 8.66. The topological polar surface area (TPSA) is 33.6 Å². The zero-order valence-electron chi connectivity index (χ0n) is 15.3. The first kappa shape index (κ1) is 17.3. The lowest BCUT2D eigenvalue weighted by Gasteiger charge is -2.44. The molecule has 1 aromatic carbocycles. The molecule has 1 fully saturated rings. The van der Waals surface area contributed by atoms with E-state index in [9.17, 15) is 0 Å². The second-order valence-corrected chi connectivity index (χ2v) is 7.06. The number of benzene rings is 1. The Morgan fingerprint density at radius 3 is 2.80 bits per heavy atom. The summed E-state index contributed by atoms with van der Waals surface area (Å²) in [5.74, 6) is 2.25. The molecule has 0 bridgehead atoms. The fraction of sp³-hybridized carbons (Fsp3) is 0.381. The van der Waals surface area contributed by atoms with Crippen molar-refractivity contribution in [3.05, 3.63) is 66.1 Å². The van der Waals surface area contributed by atoms with Gasteiger partial charge in [0.2, 0.25) is 5.96 Å². The Balaban J connectivity index is 1.95. The second kappa shape index (κ2) is 7.18. The first-order valence-electron chi connectivity index (χ1n) is 8.97. The first-order valence-corrected chi connectivity index (χ1v) is 8.97. The van der Waals surface area contributed by atoms with Gasteiger partial charge >= 0.3 is 0 Å². The third-order valence-electron chi connectivity index (χ3n) is 5.16. The first-order chi connectivity index (χ1) is 12.0. The van der Waals surface area contributed by atoms with Crippen LogP contribution in [0.25, 0.3) is 6.08 Å². The van der Waals surface area contributed by atoms with Crippen LogP contribution in [0.4, 0.5) is 0 Å². The van der Waals surface area contributed by atoms with Crippen molar-refractivity contribution in [3.63, 3.8) is 0 Å². The molecule has 2 aliphatic rings. The Bertz CT molecular complexity index is 718. The average molecular weight is 336 g/mol. The van der Waals surface area contributed by atoms with Gasteiger partial charge in [0.05, 0.1) is 6.54 Å². The zero-order valence-corrected chi connectivity index (χ0v) is 15.3. The van der Waals surface area contributed by atoms with E-state index in [4.69, 9.17) is 5.41 Å². The summed E-state index contributed by atoms with van der Waals surface area (Å²) in [6.07, 6.45) is 6.48. The molecule has 0 spiro atoms. The minimum Gasteiger partial charge on any atom is -0.358 e. The zero-order chi connectivity index (χ0) is 18.0. The van der Waals surface area contributed by atoms with Gasteiger partial charge in [-0.3, -0.25) is 10.3 Å². The third-order valence-corrected chi connectivity index (χ3v) is 5.16. The molecule has 4 heteroatoms. The standard InChI is InChI=1S/C21H28N4/c1-5-18-10-6-7-11-19(18)15-25-20(13-17(3)23(4)21(25)22)24-12-8-9-16(2)14-24/h5-7,10-11,13,16,22H,1,3,8-9,12,14-15H2,2,4H3. The fourth-order valence-corrected chi connectivity index (χ4v) is 3.61. The van der Waals surface area contributed by atoms with E-state index in [1.54, 1.807) is 0 Å². The van der Waals surface area contributed by atoms with Crippen molar-refractivity contribution in [1.29, 1.82) is 5.41 Å². The van der Waals surface area contributed by atoms with Gasteiger partial charge in [-0.1, -0.05) is 50.4 Å². The Kier molecular flexibility index (Phi) is 4.98. The summed E-state index contributed by atoms with van der Waals surface area (Å²) in [5.41, 5.74) is 3.17. The molecule has 2 aliphatic heterocycles. The highest BCUT2D eigenvalue weighted by Gasteiger charge is 2.30. The summed E-state index contributed by atoms with van der Waals surface area (Å²) in [6, 6.07) is 8.26. The van der Waals surface area contributed by atoms with Crippen molar-refractivity contribution in [2.24, 2.45) is 5.92 Å². The lowest BCUT2D eigenvalue weighted by molar-refractivity contribution is 0.176. The smallest absolute Gasteiger partial charge is 0.204 e. The van der Waals surface area contributed by atoms with E-state index in [2.05, 4.69) is 48.1 Å². The van der Waals surface area contributed by atoms with E-state index in [0.29, 0.717) is 18.4 Å². The van der Waals surface area contributed by atoms with Crippen molar-refractivity contribution in [3.8, 4) is 0 Å². The molecular formula is C21H28N4. The highest BCUT2D eigenvalue weighted by atomic mass is 15.4. The predicted octanol–water partition coefficient (Wildman–Crippen LogP) is 4.10. The number of nitrogens with zero attached hydrogens (tertiary/aromatic N) is 3. The summed E-state index contributed by atoms with van der Waals surface area (Å²) in [7, 11) is 1.91. The molecule has 0 amide bonds. The van der Waals surface area contributed by atoms with E-state index in [0.717, 1.165) is 30.2 Å². The van der Waals surface area contributed by atoms with Gasteiger partial charge < -0.3 is 9.80 Å².